The van der Waals surface area contributed by atoms with Crippen LogP contribution >= 0.6 is 12.3 Å². The van der Waals surface area contributed by atoms with Gasteiger partial charge in [0.15, 0.2) is 12.3 Å². The lowest BCUT2D eigenvalue weighted by Gasteiger charge is -2.07. The van der Waals surface area contributed by atoms with Crippen LogP contribution in [0.2, 0.25) is 0 Å². The van der Waals surface area contributed by atoms with E-state index in [0.717, 1.165) is 0 Å². The van der Waals surface area contributed by atoms with Gasteiger partial charge < -0.3 is 9.81 Å². The normalized spacial score (nSPS) is 11.8. The van der Waals surface area contributed by atoms with Crippen molar-refractivity contribution < 1.29 is 36.0 Å². The topological polar surface area (TPSA) is 117 Å². The summed E-state index contributed by atoms with van der Waals surface area (Å²) in [4.78, 5) is 0. The Morgan fingerprint density at radius 3 is 2.54 bits per heavy atom. The van der Waals surface area contributed by atoms with Gasteiger partial charge in [-0.25, -0.2) is 8.42 Å². The molecule has 0 aliphatic rings. The Kier molecular flexibility index (Phi) is 7.50. The molecule has 8 nitrogen and oxygen atoms in total. The minimum absolute atomic E-state index is 0.0452. The first-order valence-corrected chi connectivity index (χ1v) is 4.91. The van der Waals surface area contributed by atoms with E-state index in [1.54, 1.807) is 0 Å². The van der Waals surface area contributed by atoms with Gasteiger partial charge >= 0.3 is 0 Å². The van der Waals surface area contributed by atoms with E-state index in [2.05, 4.69) is 17.7 Å². The van der Waals surface area contributed by atoms with Gasteiger partial charge in [-0.3, -0.25) is 13.4 Å². The molecule has 0 radical (unpaired) electrons. The molecule has 0 saturated carbocycles. The van der Waals surface area contributed by atoms with Crippen LogP contribution in [-0.2, 0) is 28.1 Å². The maximum atomic E-state index is 9.86. The quantitative estimate of drug-likeness (QED) is 0.125. The Morgan fingerprint density at radius 1 is 1.31 bits per heavy atom. The highest BCUT2D eigenvalue weighted by Crippen LogP contribution is 2.03. The molecule has 0 saturated heterocycles. The summed E-state index contributed by atoms with van der Waals surface area (Å²) in [6, 6.07) is 0. The third-order valence-corrected chi connectivity index (χ3v) is 1.53. The molecule has 13 heavy (non-hydrogen) atoms. The summed E-state index contributed by atoms with van der Waals surface area (Å²) in [6.45, 7) is -0.242. The van der Waals surface area contributed by atoms with E-state index in [1.165, 1.54) is 0 Å². The van der Waals surface area contributed by atoms with Gasteiger partial charge in [0.25, 0.3) is 0 Å². The summed E-state index contributed by atoms with van der Waals surface area (Å²) in [5, 5.41) is 12.1. The molecule has 0 aliphatic carbocycles. The number of hydrogen-bond donors (Lipinski definition) is 0. The highest BCUT2D eigenvalue weighted by atomic mass is 32.3. The average Bonchev–Trinajstić information content (AvgIpc) is 2.01. The monoisotopic (exact) mass is 234 g/mol. The van der Waals surface area contributed by atoms with Crippen LogP contribution in [0.3, 0.4) is 0 Å². The van der Waals surface area contributed by atoms with Crippen LogP contribution in [0.4, 0.5) is 0 Å². The van der Waals surface area contributed by atoms with Crippen LogP contribution in [-0.4, -0.2) is 26.2 Å². The molecule has 0 bridgehead atoms. The Hall–Kier alpha value is 0.0600. The Bertz CT molecular complexity index is 199. The van der Waals surface area contributed by atoms with Crippen molar-refractivity contribution in [2.45, 2.75) is 6.42 Å². The van der Waals surface area contributed by atoms with E-state index in [9.17, 15) is 18.2 Å². The van der Waals surface area contributed by atoms with Gasteiger partial charge in [0.2, 0.25) is 10.4 Å². The highest BCUT2D eigenvalue weighted by molar-refractivity contribution is 7.89. The summed E-state index contributed by atoms with van der Waals surface area (Å²) in [5.74, 6) is 0. The second-order valence-electron chi connectivity index (χ2n) is 1.61. The number of rotatable bonds is 8. The molecule has 0 atom stereocenters. The summed E-state index contributed by atoms with van der Waals surface area (Å²) in [5.41, 5.74) is 0. The lowest BCUT2D eigenvalue weighted by molar-refractivity contribution is -0.777. The van der Waals surface area contributed by atoms with Crippen molar-refractivity contribution in [3.63, 3.8) is 0 Å². The van der Waals surface area contributed by atoms with Crippen LogP contribution in [0.1, 0.15) is 6.42 Å². The van der Waals surface area contributed by atoms with E-state index in [4.69, 9.17) is 0 Å². The van der Waals surface area contributed by atoms with Crippen LogP contribution in [0, 0.1) is 0 Å². The van der Waals surface area contributed by atoms with Crippen molar-refractivity contribution in [2.24, 2.45) is 0 Å². The summed E-state index contributed by atoms with van der Waals surface area (Å²) < 4.78 is 41.6. The molecule has 0 aliphatic heterocycles. The fraction of sp³-hybridized carbons (Fsp3) is 1.00. The second kappa shape index (κ2) is 7.46. The van der Waals surface area contributed by atoms with Crippen molar-refractivity contribution in [1.29, 1.82) is 0 Å². The van der Waals surface area contributed by atoms with Gasteiger partial charge in [0.1, 0.15) is 0 Å². The van der Waals surface area contributed by atoms with Gasteiger partial charge in [-0.2, -0.15) is 0 Å². The van der Waals surface area contributed by atoms with Crippen LogP contribution in [0.15, 0.2) is 0 Å². The molecule has 0 amide bonds. The van der Waals surface area contributed by atoms with Crippen molar-refractivity contribution in [2.75, 3.05) is 13.2 Å². The van der Waals surface area contributed by atoms with Gasteiger partial charge in [-0.15, -0.1) is 4.33 Å². The predicted molar refractivity (Wildman–Crippen MR) is 36.0 cm³/mol. The minimum Gasteiger partial charge on any atom is -0.726 e. The van der Waals surface area contributed by atoms with Crippen molar-refractivity contribution in [3.05, 3.63) is 0 Å². The standard InChI is InChI=1S/C3H8O8S2/c4-10-11-12-8-2-1-3-9-13(5,6)7/h4H,1-3H2,(H,5,6,7)/p-2. The van der Waals surface area contributed by atoms with Crippen LogP contribution in [0.5, 0.6) is 0 Å². The zero-order valence-corrected chi connectivity index (χ0v) is 7.84. The van der Waals surface area contributed by atoms with Crippen molar-refractivity contribution in [1.82, 2.24) is 0 Å². The molecule has 80 valence electrons. The van der Waals surface area contributed by atoms with Crippen LogP contribution in [0.25, 0.3) is 0 Å². The molecule has 0 N–H and O–H groups in total. The minimum atomic E-state index is -4.64. The third kappa shape index (κ3) is 12.1. The smallest absolute Gasteiger partial charge is 0.217 e. The molecule has 0 spiro atoms. The largest absolute Gasteiger partial charge is 0.726 e. The van der Waals surface area contributed by atoms with Crippen molar-refractivity contribution >= 4 is 22.7 Å². The molecule has 0 heterocycles. The van der Waals surface area contributed by atoms with E-state index < -0.39 is 10.4 Å². The van der Waals surface area contributed by atoms with E-state index >= 15 is 0 Å². The second-order valence-corrected chi connectivity index (χ2v) is 3.17. The van der Waals surface area contributed by atoms with Crippen molar-refractivity contribution in [3.8, 4) is 0 Å². The van der Waals surface area contributed by atoms with E-state index in [0.29, 0.717) is 12.3 Å². The molecule has 0 unspecified atom stereocenters. The molecular formula is C3H6O8S2-2. The fourth-order valence-corrected chi connectivity index (χ4v) is 0.914. The van der Waals surface area contributed by atoms with Gasteiger partial charge in [-0.1, -0.05) is 0 Å². The Balaban J connectivity index is 3.09. The first-order valence-electron chi connectivity index (χ1n) is 2.91. The molecular weight excluding hydrogens is 228 g/mol. The van der Waals surface area contributed by atoms with Gasteiger partial charge in [0, 0.05) is 0 Å². The molecule has 10 heteroatoms. The van der Waals surface area contributed by atoms with E-state index in [1.807, 2.05) is 0 Å². The molecule has 0 aromatic carbocycles. The number of hydrogen-bond acceptors (Lipinski definition) is 9. The SMILES string of the molecule is O=S(=O)([O-])OCCCOSOO[O-]. The Morgan fingerprint density at radius 2 is 2.00 bits per heavy atom. The lowest BCUT2D eigenvalue weighted by Crippen LogP contribution is -2.07. The molecule has 0 rings (SSSR count). The summed E-state index contributed by atoms with van der Waals surface area (Å²) in [6.07, 6.45) is 0.163. The first kappa shape index (κ1) is 13.1. The van der Waals surface area contributed by atoms with E-state index in [-0.39, 0.29) is 19.6 Å². The Labute approximate surface area is 79.0 Å². The molecule has 0 fully saturated rings. The molecule has 0 aromatic heterocycles. The maximum Gasteiger partial charge on any atom is 0.217 e. The zero-order valence-electron chi connectivity index (χ0n) is 6.20. The van der Waals surface area contributed by atoms with Crippen LogP contribution < -0.4 is 5.26 Å². The first-order chi connectivity index (χ1) is 6.06. The summed E-state index contributed by atoms with van der Waals surface area (Å²) >= 11 is 0.293. The van der Waals surface area contributed by atoms with Gasteiger partial charge in [0.05, 0.1) is 13.2 Å². The average molecular weight is 234 g/mol. The fourth-order valence-electron chi connectivity index (χ4n) is 0.344. The summed E-state index contributed by atoms with van der Waals surface area (Å²) in [7, 11) is -4.64. The zero-order chi connectivity index (χ0) is 10.2. The predicted octanol–water partition coefficient (Wildman–Crippen LogP) is -1.34. The molecule has 0 aromatic rings. The lowest BCUT2D eigenvalue weighted by atomic mass is 10.5. The third-order valence-electron chi connectivity index (χ3n) is 0.703. The highest BCUT2D eigenvalue weighted by Gasteiger charge is 1.95. The maximum absolute atomic E-state index is 9.86. The van der Waals surface area contributed by atoms with Gasteiger partial charge in [-0.05, 0) is 6.42 Å².